The Morgan fingerprint density at radius 2 is 1.62 bits per heavy atom. The SMILES string of the molecule is Cc1ccc(CN2C(=O)c3ccc(-c4ccccc4)n3C[C@@]2(C)C(=O)NC2CCCCC2)cc1. The molecule has 2 aromatic carbocycles. The summed E-state index contributed by atoms with van der Waals surface area (Å²) in [5, 5.41) is 3.31. The van der Waals surface area contributed by atoms with Crippen LogP contribution in [0.25, 0.3) is 11.3 Å². The first kappa shape index (κ1) is 22.5. The number of nitrogens with one attached hydrogen (secondary N) is 1. The van der Waals surface area contributed by atoms with Gasteiger partial charge in [0.05, 0.1) is 6.54 Å². The monoisotopic (exact) mass is 455 g/mol. The highest BCUT2D eigenvalue weighted by Crippen LogP contribution is 2.34. The summed E-state index contributed by atoms with van der Waals surface area (Å²) in [6.07, 6.45) is 5.55. The standard InChI is InChI=1S/C29H33N3O2/c1-21-13-15-22(16-14-21)19-32-27(33)26-18-17-25(23-9-5-3-6-10-23)31(26)20-29(32,2)28(34)30-24-11-7-4-8-12-24/h3,5-6,9-10,13-18,24H,4,7-8,11-12,19-20H2,1-2H3,(H,30,34)/t29-/m0/s1. The molecule has 1 aliphatic heterocycles. The lowest BCUT2D eigenvalue weighted by Crippen LogP contribution is -2.64. The van der Waals surface area contributed by atoms with Crippen molar-refractivity contribution in [3.63, 3.8) is 0 Å². The molecule has 3 aromatic rings. The molecule has 5 rings (SSSR count). The molecule has 0 bridgehead atoms. The molecule has 2 amide bonds. The van der Waals surface area contributed by atoms with Crippen molar-refractivity contribution in [1.82, 2.24) is 14.8 Å². The lowest BCUT2D eigenvalue weighted by molar-refractivity contribution is -0.134. The van der Waals surface area contributed by atoms with Crippen LogP contribution in [0.3, 0.4) is 0 Å². The Kier molecular flexibility index (Phi) is 6.03. The highest BCUT2D eigenvalue weighted by atomic mass is 16.2. The minimum absolute atomic E-state index is 0.0572. The molecule has 176 valence electrons. The Morgan fingerprint density at radius 3 is 2.32 bits per heavy atom. The molecule has 1 aliphatic carbocycles. The molecule has 0 saturated heterocycles. The second kappa shape index (κ2) is 9.13. The summed E-state index contributed by atoms with van der Waals surface area (Å²) in [7, 11) is 0. The highest BCUT2D eigenvalue weighted by molar-refractivity contribution is 6.00. The number of nitrogens with zero attached hydrogens (tertiary/aromatic N) is 2. The van der Waals surface area contributed by atoms with Gasteiger partial charge >= 0.3 is 0 Å². The second-order valence-corrected chi connectivity index (χ2v) is 10.0. The number of amides is 2. The van der Waals surface area contributed by atoms with Crippen molar-refractivity contribution in [2.75, 3.05) is 0 Å². The molecule has 0 unspecified atom stereocenters. The largest absolute Gasteiger partial charge is 0.351 e. The van der Waals surface area contributed by atoms with E-state index < -0.39 is 5.54 Å². The lowest BCUT2D eigenvalue weighted by atomic mass is 9.91. The average molecular weight is 456 g/mol. The molecule has 0 radical (unpaired) electrons. The second-order valence-electron chi connectivity index (χ2n) is 10.0. The third kappa shape index (κ3) is 4.15. The van der Waals surface area contributed by atoms with Gasteiger partial charge in [0, 0.05) is 18.3 Å². The number of aryl methyl sites for hydroxylation is 1. The van der Waals surface area contributed by atoms with E-state index in [0.717, 1.165) is 42.5 Å². The normalized spacial score (nSPS) is 20.8. The summed E-state index contributed by atoms with van der Waals surface area (Å²) >= 11 is 0. The van der Waals surface area contributed by atoms with Gasteiger partial charge in [0.15, 0.2) is 0 Å². The number of aromatic nitrogens is 1. The molecule has 0 spiro atoms. The van der Waals surface area contributed by atoms with Crippen LogP contribution < -0.4 is 5.32 Å². The van der Waals surface area contributed by atoms with Gasteiger partial charge in [-0.2, -0.15) is 0 Å². The fourth-order valence-electron chi connectivity index (χ4n) is 5.35. The first-order chi connectivity index (χ1) is 16.5. The van der Waals surface area contributed by atoms with Gasteiger partial charge in [0.2, 0.25) is 5.91 Å². The molecule has 1 fully saturated rings. The highest BCUT2D eigenvalue weighted by Gasteiger charge is 2.48. The van der Waals surface area contributed by atoms with Crippen molar-refractivity contribution in [2.24, 2.45) is 0 Å². The maximum Gasteiger partial charge on any atom is 0.271 e. The van der Waals surface area contributed by atoms with Gasteiger partial charge in [-0.3, -0.25) is 9.59 Å². The summed E-state index contributed by atoms with van der Waals surface area (Å²) in [5.41, 5.74) is 3.86. The molecular weight excluding hydrogens is 422 g/mol. The van der Waals surface area contributed by atoms with E-state index in [0.29, 0.717) is 18.8 Å². The Balaban J connectivity index is 1.53. The van der Waals surface area contributed by atoms with Gasteiger partial charge in [0.1, 0.15) is 11.2 Å². The molecule has 1 aromatic heterocycles. The van der Waals surface area contributed by atoms with Gasteiger partial charge < -0.3 is 14.8 Å². The van der Waals surface area contributed by atoms with E-state index in [4.69, 9.17) is 0 Å². The van der Waals surface area contributed by atoms with Gasteiger partial charge in [-0.05, 0) is 49.9 Å². The van der Waals surface area contributed by atoms with Crippen molar-refractivity contribution < 1.29 is 9.59 Å². The first-order valence-electron chi connectivity index (χ1n) is 12.4. The Hall–Kier alpha value is -3.34. The third-order valence-corrected chi connectivity index (χ3v) is 7.47. The smallest absolute Gasteiger partial charge is 0.271 e. The predicted molar refractivity (Wildman–Crippen MR) is 134 cm³/mol. The van der Waals surface area contributed by atoms with E-state index in [1.165, 1.54) is 12.0 Å². The molecular formula is C29H33N3O2. The number of fused-ring (bicyclic) bond motifs is 1. The average Bonchev–Trinajstić information content (AvgIpc) is 3.27. The number of hydrogen-bond acceptors (Lipinski definition) is 2. The molecule has 1 N–H and O–H groups in total. The van der Waals surface area contributed by atoms with Gasteiger partial charge in [-0.25, -0.2) is 0 Å². The number of carbonyl (C=O) groups is 2. The summed E-state index contributed by atoms with van der Waals surface area (Å²) in [4.78, 5) is 29.5. The van der Waals surface area contributed by atoms with Crippen LogP contribution in [-0.4, -0.2) is 32.9 Å². The summed E-state index contributed by atoms with van der Waals surface area (Å²) in [6, 6.07) is 22.4. The first-order valence-corrected chi connectivity index (χ1v) is 12.4. The van der Waals surface area contributed by atoms with Crippen LogP contribution in [0.4, 0.5) is 0 Å². The minimum atomic E-state index is -0.991. The molecule has 34 heavy (non-hydrogen) atoms. The molecule has 5 nitrogen and oxygen atoms in total. The van der Waals surface area contributed by atoms with Crippen molar-refractivity contribution in [2.45, 2.75) is 70.6 Å². The van der Waals surface area contributed by atoms with Crippen LogP contribution in [0.1, 0.15) is 60.6 Å². The maximum atomic E-state index is 13.9. The maximum absolute atomic E-state index is 13.9. The number of benzene rings is 2. The van der Waals surface area contributed by atoms with Gasteiger partial charge in [0.25, 0.3) is 5.91 Å². The van der Waals surface area contributed by atoms with Crippen molar-refractivity contribution in [1.29, 1.82) is 0 Å². The molecule has 2 aliphatic rings. The zero-order valence-electron chi connectivity index (χ0n) is 20.1. The van der Waals surface area contributed by atoms with E-state index in [1.807, 2.05) is 66.1 Å². The number of carbonyl (C=O) groups excluding carboxylic acids is 2. The quantitative estimate of drug-likeness (QED) is 0.566. The van der Waals surface area contributed by atoms with Gasteiger partial charge in [-0.1, -0.05) is 79.4 Å². The number of hydrogen-bond donors (Lipinski definition) is 1. The zero-order chi connectivity index (χ0) is 23.7. The van der Waals surface area contributed by atoms with E-state index in [-0.39, 0.29) is 17.9 Å². The molecule has 2 heterocycles. The van der Waals surface area contributed by atoms with Crippen molar-refractivity contribution in [3.05, 3.63) is 83.6 Å². The fraction of sp³-hybridized carbons (Fsp3) is 0.379. The van der Waals surface area contributed by atoms with Crippen LogP contribution >= 0.6 is 0 Å². The Bertz CT molecular complexity index is 1180. The Morgan fingerprint density at radius 1 is 0.941 bits per heavy atom. The van der Waals surface area contributed by atoms with Crippen LogP contribution in [0.2, 0.25) is 0 Å². The van der Waals surface area contributed by atoms with Crippen LogP contribution in [0.15, 0.2) is 66.7 Å². The number of rotatable bonds is 5. The summed E-state index contributed by atoms with van der Waals surface area (Å²) < 4.78 is 2.03. The topological polar surface area (TPSA) is 54.3 Å². The predicted octanol–water partition coefficient (Wildman–Crippen LogP) is 5.33. The van der Waals surface area contributed by atoms with Crippen molar-refractivity contribution >= 4 is 11.8 Å². The summed E-state index contributed by atoms with van der Waals surface area (Å²) in [5.74, 6) is -0.159. The fourth-order valence-corrected chi connectivity index (χ4v) is 5.35. The summed E-state index contributed by atoms with van der Waals surface area (Å²) in [6.45, 7) is 4.81. The third-order valence-electron chi connectivity index (χ3n) is 7.47. The lowest BCUT2D eigenvalue weighted by Gasteiger charge is -2.45. The molecule has 1 saturated carbocycles. The van der Waals surface area contributed by atoms with Gasteiger partial charge in [-0.15, -0.1) is 0 Å². The Labute approximate surface area is 201 Å². The minimum Gasteiger partial charge on any atom is -0.351 e. The zero-order valence-corrected chi connectivity index (χ0v) is 20.1. The van der Waals surface area contributed by atoms with E-state index in [2.05, 4.69) is 24.4 Å². The van der Waals surface area contributed by atoms with E-state index >= 15 is 0 Å². The van der Waals surface area contributed by atoms with Crippen LogP contribution in [0, 0.1) is 6.92 Å². The van der Waals surface area contributed by atoms with Crippen LogP contribution in [-0.2, 0) is 17.9 Å². The molecule has 1 atom stereocenters. The van der Waals surface area contributed by atoms with E-state index in [1.54, 1.807) is 4.90 Å². The van der Waals surface area contributed by atoms with Crippen LogP contribution in [0.5, 0.6) is 0 Å². The molecule has 5 heteroatoms. The van der Waals surface area contributed by atoms with Crippen molar-refractivity contribution in [3.8, 4) is 11.3 Å². The van der Waals surface area contributed by atoms with E-state index in [9.17, 15) is 9.59 Å².